The van der Waals surface area contributed by atoms with E-state index in [1.807, 2.05) is 43.0 Å². The second kappa shape index (κ2) is 10.2. The summed E-state index contributed by atoms with van der Waals surface area (Å²) in [6, 6.07) is 6.91. The van der Waals surface area contributed by atoms with Gasteiger partial charge in [-0.05, 0) is 30.5 Å². The smallest absolute Gasteiger partial charge is 0.241 e. The van der Waals surface area contributed by atoms with Crippen LogP contribution >= 0.6 is 24.8 Å². The maximum Gasteiger partial charge on any atom is 0.241 e. The number of amides is 1. The van der Waals surface area contributed by atoms with Gasteiger partial charge in [0.1, 0.15) is 0 Å². The van der Waals surface area contributed by atoms with Crippen molar-refractivity contribution < 1.29 is 13.2 Å². The van der Waals surface area contributed by atoms with Gasteiger partial charge in [0.2, 0.25) is 5.91 Å². The third-order valence-corrected chi connectivity index (χ3v) is 5.49. The minimum atomic E-state index is -2.90. The number of sulfone groups is 1. The largest absolute Gasteiger partial charge is 0.369 e. The Bertz CT molecular complexity index is 654. The summed E-state index contributed by atoms with van der Waals surface area (Å²) in [5, 5.41) is 2.83. The Morgan fingerprint density at radius 1 is 1.24 bits per heavy atom. The van der Waals surface area contributed by atoms with Gasteiger partial charge in [-0.15, -0.1) is 24.8 Å². The second-order valence-corrected chi connectivity index (χ2v) is 8.72. The van der Waals surface area contributed by atoms with Crippen molar-refractivity contribution in [2.24, 2.45) is 11.7 Å². The summed E-state index contributed by atoms with van der Waals surface area (Å²) < 4.78 is 23.0. The molecule has 0 bridgehead atoms. The van der Waals surface area contributed by atoms with E-state index in [4.69, 9.17) is 5.73 Å². The Morgan fingerprint density at radius 3 is 2.40 bits per heavy atom. The molecule has 25 heavy (non-hydrogen) atoms. The number of benzene rings is 1. The van der Waals surface area contributed by atoms with Crippen LogP contribution in [0.2, 0.25) is 0 Å². The predicted molar refractivity (Wildman–Crippen MR) is 108 cm³/mol. The van der Waals surface area contributed by atoms with Crippen LogP contribution < -0.4 is 16.0 Å². The first-order valence-electron chi connectivity index (χ1n) is 7.89. The Labute approximate surface area is 162 Å². The van der Waals surface area contributed by atoms with Gasteiger partial charge in [-0.2, -0.15) is 0 Å². The molecule has 0 saturated carbocycles. The molecular weight excluding hydrogens is 385 g/mol. The summed E-state index contributed by atoms with van der Waals surface area (Å²) in [5.41, 5.74) is 7.48. The second-order valence-electron chi connectivity index (χ2n) is 6.41. The lowest BCUT2D eigenvalue weighted by atomic mass is 10.0. The topological polar surface area (TPSA) is 92.5 Å². The fraction of sp³-hybridized carbons (Fsp3) is 0.562. The molecule has 1 fully saturated rings. The van der Waals surface area contributed by atoms with Crippen molar-refractivity contribution in [1.29, 1.82) is 0 Å². The molecule has 0 radical (unpaired) electrons. The number of halogens is 2. The molecule has 0 spiro atoms. The highest BCUT2D eigenvalue weighted by atomic mass is 35.5. The van der Waals surface area contributed by atoms with Crippen molar-refractivity contribution in [2.75, 3.05) is 34.8 Å². The maximum absolute atomic E-state index is 12.1. The van der Waals surface area contributed by atoms with Crippen molar-refractivity contribution in [3.63, 3.8) is 0 Å². The standard InChI is InChI=1S/C16H25N3O3S.2ClH/c1-12(2)10-15(17)16(20)18-13-4-3-5-14(11-13)19-6-8-23(21,22)9-7-19;;/h3-5,11-12,15H,6-10,17H2,1-2H3,(H,18,20);2*1H/t15-;;/m0../s1. The van der Waals surface area contributed by atoms with Gasteiger partial charge in [-0.1, -0.05) is 19.9 Å². The van der Waals surface area contributed by atoms with E-state index in [0.29, 0.717) is 31.1 Å². The van der Waals surface area contributed by atoms with Crippen LogP contribution in [0.15, 0.2) is 24.3 Å². The van der Waals surface area contributed by atoms with Gasteiger partial charge in [0.05, 0.1) is 17.5 Å². The number of nitrogens with one attached hydrogen (secondary N) is 1. The zero-order chi connectivity index (χ0) is 17.0. The number of nitrogens with zero attached hydrogens (tertiary/aromatic N) is 1. The molecule has 1 aliphatic rings. The van der Waals surface area contributed by atoms with Gasteiger partial charge in [0.25, 0.3) is 0 Å². The van der Waals surface area contributed by atoms with Gasteiger partial charge in [-0.3, -0.25) is 4.79 Å². The Kier molecular flexibility index (Phi) is 9.79. The first-order valence-corrected chi connectivity index (χ1v) is 9.71. The van der Waals surface area contributed by atoms with E-state index in [1.54, 1.807) is 0 Å². The van der Waals surface area contributed by atoms with Crippen LogP contribution in [0.25, 0.3) is 0 Å². The zero-order valence-corrected chi connectivity index (χ0v) is 16.9. The average Bonchev–Trinajstić information content (AvgIpc) is 2.46. The molecule has 1 aromatic rings. The lowest BCUT2D eigenvalue weighted by Gasteiger charge is -2.29. The summed E-state index contributed by atoms with van der Waals surface area (Å²) in [6.45, 7) is 5.01. The molecule has 1 saturated heterocycles. The summed E-state index contributed by atoms with van der Waals surface area (Å²) in [6.07, 6.45) is 0.634. The van der Waals surface area contributed by atoms with Crippen molar-refractivity contribution in [3.05, 3.63) is 24.3 Å². The van der Waals surface area contributed by atoms with Crippen LogP contribution in [0.3, 0.4) is 0 Å². The Balaban J connectivity index is 0.00000288. The fourth-order valence-electron chi connectivity index (χ4n) is 2.60. The lowest BCUT2D eigenvalue weighted by Crippen LogP contribution is -2.40. The number of hydrogen-bond donors (Lipinski definition) is 2. The molecule has 1 aliphatic heterocycles. The molecule has 2 rings (SSSR count). The highest BCUT2D eigenvalue weighted by molar-refractivity contribution is 7.91. The molecule has 0 unspecified atom stereocenters. The minimum absolute atomic E-state index is 0. The summed E-state index contributed by atoms with van der Waals surface area (Å²) in [5.74, 6) is 0.501. The Morgan fingerprint density at radius 2 is 1.84 bits per heavy atom. The minimum Gasteiger partial charge on any atom is -0.369 e. The number of carbonyl (C=O) groups is 1. The number of rotatable bonds is 5. The van der Waals surface area contributed by atoms with Gasteiger partial charge < -0.3 is 16.0 Å². The van der Waals surface area contributed by atoms with E-state index < -0.39 is 15.9 Å². The Hall–Kier alpha value is -1.02. The van der Waals surface area contributed by atoms with Gasteiger partial charge >= 0.3 is 0 Å². The summed E-state index contributed by atoms with van der Waals surface area (Å²) >= 11 is 0. The maximum atomic E-state index is 12.1. The SMILES string of the molecule is CC(C)C[C@H](N)C(=O)Nc1cccc(N2CCS(=O)(=O)CC2)c1.Cl.Cl. The molecular formula is C16H27Cl2N3O3S. The van der Waals surface area contributed by atoms with Crippen LogP contribution in [0.5, 0.6) is 0 Å². The van der Waals surface area contributed by atoms with Crippen molar-refractivity contribution in [2.45, 2.75) is 26.3 Å². The lowest BCUT2D eigenvalue weighted by molar-refractivity contribution is -0.117. The molecule has 0 aromatic heterocycles. The normalized spacial score (nSPS) is 17.2. The monoisotopic (exact) mass is 411 g/mol. The third-order valence-electron chi connectivity index (χ3n) is 3.89. The predicted octanol–water partition coefficient (Wildman–Crippen LogP) is 2.08. The molecule has 9 heteroatoms. The van der Waals surface area contributed by atoms with Crippen LogP contribution in [0, 0.1) is 5.92 Å². The molecule has 3 N–H and O–H groups in total. The van der Waals surface area contributed by atoms with Crippen LogP contribution in [-0.4, -0.2) is 45.0 Å². The van der Waals surface area contributed by atoms with E-state index in [1.165, 1.54) is 0 Å². The van der Waals surface area contributed by atoms with Gasteiger partial charge in [-0.25, -0.2) is 8.42 Å². The van der Waals surface area contributed by atoms with Crippen LogP contribution in [0.4, 0.5) is 11.4 Å². The van der Waals surface area contributed by atoms with Crippen molar-refractivity contribution in [1.82, 2.24) is 0 Å². The first-order chi connectivity index (χ1) is 10.8. The third kappa shape index (κ3) is 7.40. The van der Waals surface area contributed by atoms with E-state index in [-0.39, 0.29) is 42.2 Å². The first kappa shape index (κ1) is 24.0. The molecule has 1 heterocycles. The zero-order valence-electron chi connectivity index (χ0n) is 14.5. The van der Waals surface area contributed by atoms with E-state index in [2.05, 4.69) is 5.32 Å². The molecule has 6 nitrogen and oxygen atoms in total. The van der Waals surface area contributed by atoms with E-state index in [0.717, 1.165) is 5.69 Å². The number of anilines is 2. The number of nitrogens with two attached hydrogens (primary N) is 1. The molecule has 1 atom stereocenters. The van der Waals surface area contributed by atoms with Gasteiger partial charge in [0.15, 0.2) is 9.84 Å². The van der Waals surface area contributed by atoms with Gasteiger partial charge in [0, 0.05) is 24.5 Å². The van der Waals surface area contributed by atoms with E-state index >= 15 is 0 Å². The number of hydrogen-bond acceptors (Lipinski definition) is 5. The molecule has 1 aromatic carbocycles. The van der Waals surface area contributed by atoms with Crippen molar-refractivity contribution in [3.8, 4) is 0 Å². The highest BCUT2D eigenvalue weighted by Gasteiger charge is 2.22. The fourth-order valence-corrected chi connectivity index (χ4v) is 3.80. The van der Waals surface area contributed by atoms with Crippen LogP contribution in [-0.2, 0) is 14.6 Å². The molecule has 1 amide bonds. The number of carbonyl (C=O) groups excluding carboxylic acids is 1. The highest BCUT2D eigenvalue weighted by Crippen LogP contribution is 2.21. The summed E-state index contributed by atoms with van der Waals surface area (Å²) in [4.78, 5) is 14.1. The molecule has 144 valence electrons. The quantitative estimate of drug-likeness (QED) is 0.773. The molecule has 0 aliphatic carbocycles. The van der Waals surface area contributed by atoms with E-state index in [9.17, 15) is 13.2 Å². The van der Waals surface area contributed by atoms with Crippen LogP contribution in [0.1, 0.15) is 20.3 Å². The van der Waals surface area contributed by atoms with Crippen molar-refractivity contribution >= 4 is 51.9 Å². The summed E-state index contributed by atoms with van der Waals surface area (Å²) in [7, 11) is -2.90. The average molecular weight is 412 g/mol.